The maximum atomic E-state index is 5.55. The van der Waals surface area contributed by atoms with Crippen LogP contribution in [0.3, 0.4) is 0 Å². The molecule has 0 saturated heterocycles. The van der Waals surface area contributed by atoms with Crippen molar-refractivity contribution >= 4 is 17.6 Å². The minimum Gasteiger partial charge on any atom is -0.384 e. The number of hydrogen-bond acceptors (Lipinski definition) is 3. The number of rotatable bonds is 3. The van der Waals surface area contributed by atoms with E-state index in [1.54, 1.807) is 6.20 Å². The first-order chi connectivity index (χ1) is 4.84. The van der Waals surface area contributed by atoms with E-state index in [-0.39, 0.29) is 0 Å². The van der Waals surface area contributed by atoms with E-state index in [9.17, 15) is 0 Å². The van der Waals surface area contributed by atoms with Gasteiger partial charge in [0.2, 0.25) is 0 Å². The lowest BCUT2D eigenvalue weighted by atomic mass is 10.4. The first-order valence-corrected chi connectivity index (χ1v) is 4.35. The first-order valence-electron chi connectivity index (χ1n) is 3.20. The van der Waals surface area contributed by atoms with Crippen LogP contribution in [0.15, 0.2) is 6.20 Å². The summed E-state index contributed by atoms with van der Waals surface area (Å²) in [4.78, 5) is 0. The van der Waals surface area contributed by atoms with Gasteiger partial charge >= 0.3 is 0 Å². The molecule has 1 aromatic rings. The van der Waals surface area contributed by atoms with Gasteiger partial charge in [0.15, 0.2) is 0 Å². The Morgan fingerprint density at radius 3 is 3.10 bits per heavy atom. The Kier molecular flexibility index (Phi) is 2.62. The molecule has 0 aliphatic carbocycles. The summed E-state index contributed by atoms with van der Waals surface area (Å²) in [6.07, 6.45) is 1.78. The lowest BCUT2D eigenvalue weighted by Crippen LogP contribution is -1.89. The number of aromatic amines is 1. The summed E-state index contributed by atoms with van der Waals surface area (Å²) in [5.41, 5.74) is 6.65. The molecule has 56 valence electrons. The van der Waals surface area contributed by atoms with Crippen molar-refractivity contribution in [3.63, 3.8) is 0 Å². The number of anilines is 1. The highest BCUT2D eigenvalue weighted by molar-refractivity contribution is 7.98. The Bertz CT molecular complexity index is 197. The molecule has 0 atom stereocenters. The number of H-pyrrole nitrogens is 1. The Balaban J connectivity index is 2.49. The summed E-state index contributed by atoms with van der Waals surface area (Å²) in [5.74, 6) is 2.77. The number of nitrogens with two attached hydrogens (primary N) is 1. The average molecular weight is 157 g/mol. The average Bonchev–Trinajstić information content (AvgIpc) is 2.31. The van der Waals surface area contributed by atoms with E-state index in [0.717, 1.165) is 17.1 Å². The monoisotopic (exact) mass is 157 g/mol. The molecule has 0 bridgehead atoms. The number of thioether (sulfide) groups is 1. The van der Waals surface area contributed by atoms with Gasteiger partial charge in [-0.25, -0.2) is 0 Å². The van der Waals surface area contributed by atoms with Gasteiger partial charge in [-0.3, -0.25) is 5.10 Å². The second kappa shape index (κ2) is 3.51. The summed E-state index contributed by atoms with van der Waals surface area (Å²) < 4.78 is 0. The zero-order valence-electron chi connectivity index (χ0n) is 5.92. The van der Waals surface area contributed by atoms with Crippen LogP contribution in [0, 0.1) is 0 Å². The number of nitrogens with one attached hydrogen (secondary N) is 1. The van der Waals surface area contributed by atoms with Gasteiger partial charge in [0.25, 0.3) is 0 Å². The van der Waals surface area contributed by atoms with Gasteiger partial charge in [-0.2, -0.15) is 16.9 Å². The van der Waals surface area contributed by atoms with Gasteiger partial charge in [-0.1, -0.05) is 6.92 Å². The molecule has 3 nitrogen and oxygen atoms in total. The molecule has 0 saturated carbocycles. The highest BCUT2D eigenvalue weighted by atomic mass is 32.2. The van der Waals surface area contributed by atoms with Crippen LogP contribution in [0.2, 0.25) is 0 Å². The minimum atomic E-state index is 0.695. The van der Waals surface area contributed by atoms with Crippen molar-refractivity contribution in [2.24, 2.45) is 0 Å². The van der Waals surface area contributed by atoms with E-state index < -0.39 is 0 Å². The van der Waals surface area contributed by atoms with E-state index in [1.165, 1.54) is 0 Å². The van der Waals surface area contributed by atoms with Crippen LogP contribution in [0.1, 0.15) is 12.5 Å². The van der Waals surface area contributed by atoms with Crippen molar-refractivity contribution in [3.05, 3.63) is 11.8 Å². The molecule has 0 aliphatic heterocycles. The fourth-order valence-electron chi connectivity index (χ4n) is 0.648. The fraction of sp³-hybridized carbons (Fsp3) is 0.500. The Hall–Kier alpha value is -0.640. The highest BCUT2D eigenvalue weighted by Crippen LogP contribution is 2.14. The second-order valence-corrected chi connectivity index (χ2v) is 3.22. The van der Waals surface area contributed by atoms with Crippen molar-refractivity contribution in [3.8, 4) is 0 Å². The Morgan fingerprint density at radius 2 is 2.60 bits per heavy atom. The van der Waals surface area contributed by atoms with Crippen molar-refractivity contribution in [2.75, 3.05) is 11.5 Å². The third-order valence-corrected chi connectivity index (χ3v) is 2.14. The van der Waals surface area contributed by atoms with Crippen LogP contribution in [0.4, 0.5) is 5.82 Å². The fourth-order valence-corrected chi connectivity index (χ4v) is 1.30. The van der Waals surface area contributed by atoms with Gasteiger partial charge in [-0.15, -0.1) is 0 Å². The zero-order valence-corrected chi connectivity index (χ0v) is 6.74. The summed E-state index contributed by atoms with van der Waals surface area (Å²) in [7, 11) is 0. The smallest absolute Gasteiger partial charge is 0.122 e. The van der Waals surface area contributed by atoms with Crippen molar-refractivity contribution in [1.29, 1.82) is 0 Å². The van der Waals surface area contributed by atoms with Crippen molar-refractivity contribution in [1.82, 2.24) is 10.2 Å². The van der Waals surface area contributed by atoms with Crippen molar-refractivity contribution in [2.45, 2.75) is 12.7 Å². The van der Waals surface area contributed by atoms with Gasteiger partial charge in [0.1, 0.15) is 5.82 Å². The predicted molar refractivity (Wildman–Crippen MR) is 44.8 cm³/mol. The minimum absolute atomic E-state index is 0.695. The van der Waals surface area contributed by atoms with Crippen molar-refractivity contribution < 1.29 is 0 Å². The zero-order chi connectivity index (χ0) is 7.40. The second-order valence-electron chi connectivity index (χ2n) is 1.95. The molecule has 1 aromatic heterocycles. The van der Waals surface area contributed by atoms with E-state index in [2.05, 4.69) is 17.1 Å². The number of nitrogen functional groups attached to an aromatic ring is 1. The van der Waals surface area contributed by atoms with E-state index in [0.29, 0.717) is 5.82 Å². The molecule has 0 amide bonds. The molecule has 10 heavy (non-hydrogen) atoms. The molecule has 1 heterocycles. The van der Waals surface area contributed by atoms with Crippen LogP contribution >= 0.6 is 11.8 Å². The largest absolute Gasteiger partial charge is 0.384 e. The van der Waals surface area contributed by atoms with E-state index in [1.807, 2.05) is 11.8 Å². The third-order valence-electron chi connectivity index (χ3n) is 1.21. The molecule has 3 N–H and O–H groups in total. The van der Waals surface area contributed by atoms with Crippen LogP contribution in [0.25, 0.3) is 0 Å². The van der Waals surface area contributed by atoms with E-state index in [4.69, 9.17) is 5.73 Å². The lowest BCUT2D eigenvalue weighted by molar-refractivity contribution is 1.10. The molecule has 0 spiro atoms. The number of nitrogens with zero attached hydrogens (tertiary/aromatic N) is 1. The van der Waals surface area contributed by atoms with Crippen LogP contribution in [-0.4, -0.2) is 16.0 Å². The molecular formula is C6H11N3S. The number of hydrogen-bond donors (Lipinski definition) is 2. The maximum absolute atomic E-state index is 5.55. The van der Waals surface area contributed by atoms with Crippen LogP contribution in [0.5, 0.6) is 0 Å². The maximum Gasteiger partial charge on any atom is 0.122 e. The Morgan fingerprint density at radius 1 is 1.80 bits per heavy atom. The molecule has 1 rings (SSSR count). The standard InChI is InChI=1S/C6H11N3S/c1-2-10-4-5-3-8-9-6(5)7/h3H,2,4H2,1H3,(H3,7,8,9). The summed E-state index contributed by atoms with van der Waals surface area (Å²) in [6.45, 7) is 2.13. The summed E-state index contributed by atoms with van der Waals surface area (Å²) >= 11 is 1.84. The summed E-state index contributed by atoms with van der Waals surface area (Å²) in [5, 5.41) is 6.50. The third kappa shape index (κ3) is 1.67. The molecule has 0 aliphatic rings. The van der Waals surface area contributed by atoms with Gasteiger partial charge < -0.3 is 5.73 Å². The molecule has 0 aromatic carbocycles. The molecule has 4 heteroatoms. The topological polar surface area (TPSA) is 54.7 Å². The van der Waals surface area contributed by atoms with Gasteiger partial charge in [-0.05, 0) is 5.75 Å². The highest BCUT2D eigenvalue weighted by Gasteiger charge is 1.98. The predicted octanol–water partition coefficient (Wildman–Crippen LogP) is 1.24. The first kappa shape index (κ1) is 7.47. The van der Waals surface area contributed by atoms with Crippen LogP contribution in [-0.2, 0) is 5.75 Å². The number of aromatic nitrogens is 2. The van der Waals surface area contributed by atoms with Gasteiger partial charge in [0, 0.05) is 11.3 Å². The SMILES string of the molecule is CCSCc1cn[nH]c1N. The molecular weight excluding hydrogens is 146 g/mol. The summed E-state index contributed by atoms with van der Waals surface area (Å²) in [6, 6.07) is 0. The normalized spacial score (nSPS) is 10.1. The van der Waals surface area contributed by atoms with Crippen LogP contribution < -0.4 is 5.73 Å². The Labute approximate surface area is 64.4 Å². The van der Waals surface area contributed by atoms with Gasteiger partial charge in [0.05, 0.1) is 6.20 Å². The molecule has 0 fully saturated rings. The van der Waals surface area contributed by atoms with E-state index >= 15 is 0 Å². The molecule has 0 unspecified atom stereocenters. The quantitative estimate of drug-likeness (QED) is 0.694. The molecule has 0 radical (unpaired) electrons. The lowest BCUT2D eigenvalue weighted by Gasteiger charge is -1.94.